The van der Waals surface area contributed by atoms with Crippen LogP contribution in [0.15, 0.2) is 23.2 Å². The van der Waals surface area contributed by atoms with E-state index in [-0.39, 0.29) is 5.96 Å². The minimum atomic E-state index is 0.186. The molecule has 5 nitrogen and oxygen atoms in total. The van der Waals surface area contributed by atoms with Crippen molar-refractivity contribution in [3.05, 3.63) is 28.8 Å². The molecule has 0 saturated carbocycles. The first-order valence-electron chi connectivity index (χ1n) is 5.67. The molecule has 104 valence electrons. The second-order valence-electron chi connectivity index (χ2n) is 3.78. The van der Waals surface area contributed by atoms with Gasteiger partial charge < -0.3 is 21.1 Å². The molecule has 1 rings (SSSR count). The molecule has 0 radical (unpaired) electrons. The van der Waals surface area contributed by atoms with Gasteiger partial charge in [-0.3, -0.25) is 0 Å². The lowest BCUT2D eigenvalue weighted by Gasteiger charge is -2.11. The number of para-hydroxylation sites is 1. The number of thiocarbonyl (C=S) groups is 1. The predicted octanol–water partition coefficient (Wildman–Crippen LogP) is 1.90. The topological polar surface area (TPSA) is 71.7 Å². The molecule has 0 aliphatic rings. The van der Waals surface area contributed by atoms with Crippen LogP contribution < -0.4 is 16.4 Å². The summed E-state index contributed by atoms with van der Waals surface area (Å²) in [6, 6.07) is 5.57. The van der Waals surface area contributed by atoms with Crippen LogP contribution in [0.5, 0.6) is 0 Å². The zero-order valence-electron chi connectivity index (χ0n) is 10.9. The molecule has 0 saturated heterocycles. The van der Waals surface area contributed by atoms with Crippen LogP contribution in [0.1, 0.15) is 5.56 Å². The summed E-state index contributed by atoms with van der Waals surface area (Å²) in [5.41, 5.74) is 7.47. The zero-order chi connectivity index (χ0) is 14.3. The molecule has 0 aliphatic carbocycles. The van der Waals surface area contributed by atoms with Crippen LogP contribution in [0.4, 0.5) is 5.69 Å². The summed E-state index contributed by atoms with van der Waals surface area (Å²) in [5, 5.41) is 6.71. The summed E-state index contributed by atoms with van der Waals surface area (Å²) in [5.74, 6) is 0.186. The number of rotatable bonds is 4. The van der Waals surface area contributed by atoms with Gasteiger partial charge in [0.2, 0.25) is 5.96 Å². The van der Waals surface area contributed by atoms with E-state index < -0.39 is 0 Å². The van der Waals surface area contributed by atoms with E-state index >= 15 is 0 Å². The van der Waals surface area contributed by atoms with E-state index in [0.717, 1.165) is 11.3 Å². The van der Waals surface area contributed by atoms with Crippen molar-refractivity contribution >= 4 is 40.6 Å². The van der Waals surface area contributed by atoms with Crippen LogP contribution in [0.25, 0.3) is 0 Å². The van der Waals surface area contributed by atoms with Crippen LogP contribution in [-0.4, -0.2) is 31.3 Å². The number of guanidine groups is 1. The van der Waals surface area contributed by atoms with Gasteiger partial charge in [-0.05, 0) is 30.8 Å². The maximum absolute atomic E-state index is 6.07. The maximum Gasteiger partial charge on any atom is 0.200 e. The average Bonchev–Trinajstić information content (AvgIpc) is 2.34. The molecule has 0 amide bonds. The number of benzene rings is 1. The molecule has 1 aromatic carbocycles. The van der Waals surface area contributed by atoms with Gasteiger partial charge in [0.1, 0.15) is 0 Å². The van der Waals surface area contributed by atoms with Crippen LogP contribution >= 0.6 is 23.8 Å². The van der Waals surface area contributed by atoms with Crippen molar-refractivity contribution in [3.63, 3.8) is 0 Å². The van der Waals surface area contributed by atoms with E-state index in [4.69, 9.17) is 34.3 Å². The Balaban J connectivity index is 2.63. The number of halogens is 1. The molecule has 0 atom stereocenters. The van der Waals surface area contributed by atoms with Gasteiger partial charge in [0.05, 0.1) is 17.3 Å². The highest BCUT2D eigenvalue weighted by molar-refractivity contribution is 7.80. The number of methoxy groups -OCH3 is 1. The molecule has 0 fully saturated rings. The van der Waals surface area contributed by atoms with Gasteiger partial charge in [-0.15, -0.1) is 0 Å². The number of nitrogens with one attached hydrogen (secondary N) is 2. The van der Waals surface area contributed by atoms with Gasteiger partial charge in [0.25, 0.3) is 0 Å². The predicted molar refractivity (Wildman–Crippen MR) is 83.9 cm³/mol. The molecule has 0 unspecified atom stereocenters. The van der Waals surface area contributed by atoms with Gasteiger partial charge in [-0.25, -0.2) is 0 Å². The molecule has 7 heteroatoms. The van der Waals surface area contributed by atoms with Crippen molar-refractivity contribution in [2.75, 3.05) is 25.6 Å². The fourth-order valence-electron chi connectivity index (χ4n) is 1.36. The highest BCUT2D eigenvalue weighted by Gasteiger charge is 2.05. The van der Waals surface area contributed by atoms with Crippen LogP contribution in [0.2, 0.25) is 5.02 Å². The number of anilines is 1. The molecular weight excluding hydrogens is 284 g/mol. The van der Waals surface area contributed by atoms with E-state index in [1.807, 2.05) is 19.1 Å². The highest BCUT2D eigenvalue weighted by Crippen LogP contribution is 2.24. The van der Waals surface area contributed by atoms with Gasteiger partial charge >= 0.3 is 0 Å². The molecule has 0 aromatic heterocycles. The van der Waals surface area contributed by atoms with E-state index in [0.29, 0.717) is 23.3 Å². The highest BCUT2D eigenvalue weighted by atomic mass is 35.5. The smallest absolute Gasteiger partial charge is 0.200 e. The Morgan fingerprint density at radius 2 is 2.26 bits per heavy atom. The third-order valence-electron chi connectivity index (χ3n) is 2.28. The second kappa shape index (κ2) is 7.93. The first-order valence-corrected chi connectivity index (χ1v) is 6.46. The number of ether oxygens (including phenoxy) is 1. The second-order valence-corrected chi connectivity index (χ2v) is 4.57. The Kier molecular flexibility index (Phi) is 6.55. The number of nitrogens with zero attached hydrogens (tertiary/aromatic N) is 1. The lowest BCUT2D eigenvalue weighted by molar-refractivity contribution is 0.204. The SMILES string of the molecule is COCCNC(=S)N=C(N)Nc1c(C)cccc1Cl. The summed E-state index contributed by atoms with van der Waals surface area (Å²) in [7, 11) is 1.62. The standard InChI is InChI=1S/C12H17ClN4OS/c1-8-4-3-5-9(13)10(8)16-11(14)17-12(19)15-6-7-18-2/h3-5H,6-7H2,1-2H3,(H4,14,15,16,17,19). The lowest BCUT2D eigenvalue weighted by atomic mass is 10.2. The molecule has 0 bridgehead atoms. The fourth-order valence-corrected chi connectivity index (χ4v) is 1.82. The summed E-state index contributed by atoms with van der Waals surface area (Å²) in [4.78, 5) is 4.02. The number of hydrogen-bond acceptors (Lipinski definition) is 2. The van der Waals surface area contributed by atoms with Crippen molar-refractivity contribution in [2.45, 2.75) is 6.92 Å². The average molecular weight is 301 g/mol. The molecule has 0 spiro atoms. The molecule has 1 aromatic rings. The van der Waals surface area contributed by atoms with Gasteiger partial charge in [0, 0.05) is 13.7 Å². The van der Waals surface area contributed by atoms with E-state index in [1.165, 1.54) is 0 Å². The van der Waals surface area contributed by atoms with Crippen LogP contribution in [0, 0.1) is 6.92 Å². The normalized spacial score (nSPS) is 11.2. The zero-order valence-corrected chi connectivity index (χ0v) is 12.4. The van der Waals surface area contributed by atoms with E-state index in [2.05, 4.69) is 15.6 Å². The van der Waals surface area contributed by atoms with Crippen molar-refractivity contribution < 1.29 is 4.74 Å². The molecular formula is C12H17ClN4OS. The van der Waals surface area contributed by atoms with Crippen LogP contribution in [0.3, 0.4) is 0 Å². The Labute approximate surface area is 123 Å². The third-order valence-corrected chi connectivity index (χ3v) is 2.83. The quantitative estimate of drug-likeness (QED) is 0.343. The molecule has 19 heavy (non-hydrogen) atoms. The van der Waals surface area contributed by atoms with Gasteiger partial charge in [0.15, 0.2) is 5.11 Å². The number of aliphatic imine (C=N–C) groups is 1. The molecule has 0 heterocycles. The Morgan fingerprint density at radius 1 is 1.53 bits per heavy atom. The lowest BCUT2D eigenvalue weighted by Crippen LogP contribution is -2.30. The maximum atomic E-state index is 6.07. The summed E-state index contributed by atoms with van der Waals surface area (Å²) in [6.07, 6.45) is 0. The van der Waals surface area contributed by atoms with Crippen molar-refractivity contribution in [1.82, 2.24) is 5.32 Å². The summed E-state index contributed by atoms with van der Waals surface area (Å²) >= 11 is 11.1. The largest absolute Gasteiger partial charge is 0.383 e. The number of aryl methyl sites for hydroxylation is 1. The first kappa shape index (κ1) is 15.7. The molecule has 4 N–H and O–H groups in total. The third kappa shape index (κ3) is 5.42. The molecule has 0 aliphatic heterocycles. The van der Waals surface area contributed by atoms with Gasteiger partial charge in [-0.1, -0.05) is 23.7 Å². The monoisotopic (exact) mass is 300 g/mol. The minimum absolute atomic E-state index is 0.186. The van der Waals surface area contributed by atoms with E-state index in [1.54, 1.807) is 13.2 Å². The Hall–Kier alpha value is -1.37. The van der Waals surface area contributed by atoms with E-state index in [9.17, 15) is 0 Å². The minimum Gasteiger partial charge on any atom is -0.383 e. The van der Waals surface area contributed by atoms with Crippen molar-refractivity contribution in [1.29, 1.82) is 0 Å². The fraction of sp³-hybridized carbons (Fsp3) is 0.333. The first-order chi connectivity index (χ1) is 9.04. The van der Waals surface area contributed by atoms with Crippen LogP contribution in [-0.2, 0) is 4.74 Å². The number of nitrogens with two attached hydrogens (primary N) is 1. The summed E-state index contributed by atoms with van der Waals surface area (Å²) in [6.45, 7) is 3.06. The number of hydrogen-bond donors (Lipinski definition) is 3. The van der Waals surface area contributed by atoms with Gasteiger partial charge in [-0.2, -0.15) is 4.99 Å². The summed E-state index contributed by atoms with van der Waals surface area (Å²) < 4.78 is 4.89. The Morgan fingerprint density at radius 3 is 2.89 bits per heavy atom. The Bertz CT molecular complexity index is 459. The van der Waals surface area contributed by atoms with Crippen molar-refractivity contribution in [2.24, 2.45) is 10.7 Å². The van der Waals surface area contributed by atoms with Crippen molar-refractivity contribution in [3.8, 4) is 0 Å².